The van der Waals surface area contributed by atoms with Crippen LogP contribution in [0.4, 0.5) is 8.78 Å². The van der Waals surface area contributed by atoms with Gasteiger partial charge in [-0.1, -0.05) is 0 Å². The number of hydrogen-bond acceptors (Lipinski definition) is 3. The Bertz CT molecular complexity index is 606. The van der Waals surface area contributed by atoms with Gasteiger partial charge in [0, 0.05) is 6.07 Å². The Morgan fingerprint density at radius 1 is 1.33 bits per heavy atom. The van der Waals surface area contributed by atoms with Gasteiger partial charge in [0.2, 0.25) is 0 Å². The van der Waals surface area contributed by atoms with Gasteiger partial charge in [-0.05, 0) is 22.0 Å². The van der Waals surface area contributed by atoms with Crippen LogP contribution < -0.4 is 5.63 Å². The average Bonchev–Trinajstić information content (AvgIpc) is 2.17. The molecule has 0 saturated carbocycles. The monoisotopic (exact) mass is 276 g/mol. The molecule has 2 aromatic rings. The van der Waals surface area contributed by atoms with Gasteiger partial charge in [0.25, 0.3) is 0 Å². The van der Waals surface area contributed by atoms with Crippen molar-refractivity contribution in [1.82, 2.24) is 0 Å². The van der Waals surface area contributed by atoms with Crippen LogP contribution in [0.1, 0.15) is 0 Å². The molecule has 0 fully saturated rings. The Hall–Kier alpha value is -1.43. The summed E-state index contributed by atoms with van der Waals surface area (Å²) >= 11 is 2.75. The van der Waals surface area contributed by atoms with Crippen LogP contribution in [-0.2, 0) is 0 Å². The molecule has 6 heteroatoms. The van der Waals surface area contributed by atoms with Crippen molar-refractivity contribution in [3.63, 3.8) is 0 Å². The van der Waals surface area contributed by atoms with E-state index in [2.05, 4.69) is 20.3 Å². The van der Waals surface area contributed by atoms with Crippen LogP contribution in [0.2, 0.25) is 0 Å². The van der Waals surface area contributed by atoms with Crippen molar-refractivity contribution < 1.29 is 18.3 Å². The third-order valence-corrected chi connectivity index (χ3v) is 2.54. The molecule has 0 unspecified atom stereocenters. The normalized spacial score (nSPS) is 10.9. The van der Waals surface area contributed by atoms with Crippen LogP contribution >= 0.6 is 15.9 Å². The molecule has 1 N–H and O–H groups in total. The van der Waals surface area contributed by atoms with Crippen molar-refractivity contribution in [2.75, 3.05) is 0 Å². The van der Waals surface area contributed by atoms with E-state index >= 15 is 0 Å². The first kappa shape index (κ1) is 10.1. The van der Waals surface area contributed by atoms with E-state index in [1.807, 2.05) is 0 Å². The lowest BCUT2D eigenvalue weighted by Crippen LogP contribution is -2.01. The van der Waals surface area contributed by atoms with Crippen LogP contribution in [0.25, 0.3) is 11.0 Å². The summed E-state index contributed by atoms with van der Waals surface area (Å²) in [5, 5.41) is 9.25. The Labute approximate surface area is 90.1 Å². The van der Waals surface area contributed by atoms with Gasteiger partial charge in [0.05, 0.1) is 5.39 Å². The van der Waals surface area contributed by atoms with Crippen molar-refractivity contribution >= 4 is 26.9 Å². The number of benzene rings is 1. The van der Waals surface area contributed by atoms with E-state index in [4.69, 9.17) is 0 Å². The number of fused-ring (bicyclic) bond motifs is 1. The number of rotatable bonds is 0. The van der Waals surface area contributed by atoms with E-state index in [0.717, 1.165) is 6.07 Å². The minimum atomic E-state index is -1.04. The molecule has 1 aromatic heterocycles. The van der Waals surface area contributed by atoms with Gasteiger partial charge in [-0.15, -0.1) is 0 Å². The summed E-state index contributed by atoms with van der Waals surface area (Å²) in [6, 6.07) is 1.44. The number of hydrogen-bond donors (Lipinski definition) is 1. The topological polar surface area (TPSA) is 50.4 Å². The minimum absolute atomic E-state index is 0.195. The largest absolute Gasteiger partial charge is 0.506 e. The summed E-state index contributed by atoms with van der Waals surface area (Å²) in [7, 11) is 0. The van der Waals surface area contributed by atoms with Crippen LogP contribution in [-0.4, -0.2) is 5.11 Å². The summed E-state index contributed by atoms with van der Waals surface area (Å²) in [4.78, 5) is 11.1. The molecule has 0 atom stereocenters. The summed E-state index contributed by atoms with van der Waals surface area (Å²) in [5.74, 6) is -2.44. The van der Waals surface area contributed by atoms with Gasteiger partial charge in [-0.3, -0.25) is 0 Å². The third-order valence-electron chi connectivity index (χ3n) is 1.85. The van der Waals surface area contributed by atoms with Crippen molar-refractivity contribution in [2.45, 2.75) is 0 Å². The smallest absolute Gasteiger partial charge is 0.354 e. The molecule has 0 aliphatic heterocycles. The highest BCUT2D eigenvalue weighted by Gasteiger charge is 2.15. The fourth-order valence-corrected chi connectivity index (χ4v) is 1.49. The number of aromatic hydroxyl groups is 1. The molecule has 0 amide bonds. The van der Waals surface area contributed by atoms with Gasteiger partial charge >= 0.3 is 5.63 Å². The van der Waals surface area contributed by atoms with Crippen molar-refractivity contribution in [3.8, 4) is 5.75 Å². The van der Waals surface area contributed by atoms with Crippen molar-refractivity contribution in [1.29, 1.82) is 0 Å². The van der Waals surface area contributed by atoms with E-state index in [0.29, 0.717) is 6.07 Å². The lowest BCUT2D eigenvalue weighted by atomic mass is 10.2. The zero-order chi connectivity index (χ0) is 11.2. The fourth-order valence-electron chi connectivity index (χ4n) is 1.19. The Kier molecular flexibility index (Phi) is 2.22. The molecule has 0 aliphatic rings. The van der Waals surface area contributed by atoms with Gasteiger partial charge in [-0.2, -0.15) is 0 Å². The molecule has 0 spiro atoms. The minimum Gasteiger partial charge on any atom is -0.506 e. The zero-order valence-corrected chi connectivity index (χ0v) is 8.64. The molecule has 15 heavy (non-hydrogen) atoms. The van der Waals surface area contributed by atoms with Crippen LogP contribution in [0.3, 0.4) is 0 Å². The first-order valence-electron chi connectivity index (χ1n) is 3.81. The van der Waals surface area contributed by atoms with E-state index in [1.54, 1.807) is 0 Å². The molecule has 0 radical (unpaired) electrons. The van der Waals surface area contributed by atoms with Crippen LogP contribution in [0, 0.1) is 11.6 Å². The zero-order valence-electron chi connectivity index (χ0n) is 7.05. The Balaban J connectivity index is 3.05. The summed E-state index contributed by atoms with van der Waals surface area (Å²) in [6.45, 7) is 0. The lowest BCUT2D eigenvalue weighted by molar-refractivity contribution is 0.455. The fraction of sp³-hybridized carbons (Fsp3) is 0. The average molecular weight is 277 g/mol. The van der Waals surface area contributed by atoms with Crippen molar-refractivity contribution in [3.05, 3.63) is 38.7 Å². The second-order valence-corrected chi connectivity index (χ2v) is 3.61. The van der Waals surface area contributed by atoms with E-state index in [1.165, 1.54) is 0 Å². The Morgan fingerprint density at radius 2 is 2.00 bits per heavy atom. The van der Waals surface area contributed by atoms with E-state index in [-0.39, 0.29) is 9.86 Å². The van der Waals surface area contributed by atoms with Crippen LogP contribution in [0.5, 0.6) is 5.75 Å². The Morgan fingerprint density at radius 3 is 2.67 bits per heavy atom. The SMILES string of the molecule is O=c1oc2c(F)cc(F)cc2c(O)c1Br. The highest BCUT2D eigenvalue weighted by Crippen LogP contribution is 2.31. The highest BCUT2D eigenvalue weighted by atomic mass is 79.9. The molecule has 0 aliphatic carbocycles. The molecule has 1 aromatic carbocycles. The maximum Gasteiger partial charge on any atom is 0.354 e. The molecule has 0 saturated heterocycles. The maximum atomic E-state index is 13.1. The van der Waals surface area contributed by atoms with Gasteiger partial charge in [-0.25, -0.2) is 13.6 Å². The summed E-state index contributed by atoms with van der Waals surface area (Å²) in [5.41, 5.74) is -1.40. The molecule has 3 nitrogen and oxygen atoms in total. The van der Waals surface area contributed by atoms with E-state index in [9.17, 15) is 18.7 Å². The quantitative estimate of drug-likeness (QED) is 0.753. The highest BCUT2D eigenvalue weighted by molar-refractivity contribution is 9.10. The van der Waals surface area contributed by atoms with Crippen molar-refractivity contribution in [2.24, 2.45) is 0 Å². The predicted molar refractivity (Wildman–Crippen MR) is 51.8 cm³/mol. The van der Waals surface area contributed by atoms with Gasteiger partial charge in [0.1, 0.15) is 16.0 Å². The summed E-state index contributed by atoms with van der Waals surface area (Å²) in [6.07, 6.45) is 0. The van der Waals surface area contributed by atoms with Gasteiger partial charge < -0.3 is 9.52 Å². The predicted octanol–water partition coefficient (Wildman–Crippen LogP) is 2.54. The van der Waals surface area contributed by atoms with Gasteiger partial charge in [0.15, 0.2) is 11.4 Å². The molecule has 2 rings (SSSR count). The lowest BCUT2D eigenvalue weighted by Gasteiger charge is -2.02. The van der Waals surface area contributed by atoms with E-state index < -0.39 is 28.6 Å². The first-order valence-corrected chi connectivity index (χ1v) is 4.60. The standard InChI is InChI=1S/C9H3BrF2O3/c10-6-7(13)4-1-3(11)2-5(12)8(4)15-9(6)14/h1-2,13H. The first-order chi connectivity index (χ1) is 7.00. The molecule has 0 bridgehead atoms. The maximum absolute atomic E-state index is 13.1. The molecular formula is C9H3BrF2O3. The summed E-state index contributed by atoms with van der Waals surface area (Å²) < 4.78 is 30.3. The van der Waals surface area contributed by atoms with Crippen LogP contribution in [0.15, 0.2) is 25.8 Å². The third kappa shape index (κ3) is 1.50. The molecule has 78 valence electrons. The molecule has 1 heterocycles. The second kappa shape index (κ2) is 3.30. The number of halogens is 3. The molecular weight excluding hydrogens is 274 g/mol. The second-order valence-electron chi connectivity index (χ2n) is 2.82.